The summed E-state index contributed by atoms with van der Waals surface area (Å²) < 4.78 is 5.26. The molecule has 0 spiro atoms. The Morgan fingerprint density at radius 1 is 1.68 bits per heavy atom. The van der Waals surface area contributed by atoms with Crippen LogP contribution in [-0.4, -0.2) is 27.7 Å². The van der Waals surface area contributed by atoms with Crippen LogP contribution in [0.25, 0.3) is 0 Å². The van der Waals surface area contributed by atoms with Crippen molar-refractivity contribution < 1.29 is 14.3 Å². The molecule has 2 heterocycles. The Hall–Kier alpha value is -1.50. The van der Waals surface area contributed by atoms with Gasteiger partial charge in [-0.15, -0.1) is 10.2 Å². The van der Waals surface area contributed by atoms with Gasteiger partial charge in [-0.1, -0.05) is 18.3 Å². The molecule has 6 nitrogen and oxygen atoms in total. The van der Waals surface area contributed by atoms with Crippen molar-refractivity contribution in [2.24, 2.45) is 11.8 Å². The second-order valence-electron chi connectivity index (χ2n) is 5.45. The first-order valence-corrected chi connectivity index (χ1v) is 7.05. The number of anilines is 1. The lowest BCUT2D eigenvalue weighted by Crippen LogP contribution is -2.24. The van der Waals surface area contributed by atoms with E-state index in [9.17, 15) is 9.59 Å². The highest BCUT2D eigenvalue weighted by Crippen LogP contribution is 2.34. The lowest BCUT2D eigenvalue weighted by Gasteiger charge is -2.15. The second-order valence-corrected chi connectivity index (χ2v) is 6.28. The molecule has 0 unspecified atom stereocenters. The number of carbonyl (C=O) groups excluding carboxylic acids is 2. The highest BCUT2D eigenvalue weighted by Gasteiger charge is 2.41. The quantitative estimate of drug-likeness (QED) is 0.853. The van der Waals surface area contributed by atoms with Crippen molar-refractivity contribution in [1.29, 1.82) is 0 Å². The molecule has 0 radical (unpaired) electrons. The van der Waals surface area contributed by atoms with Crippen molar-refractivity contribution in [2.75, 3.05) is 5.32 Å². The van der Waals surface area contributed by atoms with Gasteiger partial charge in [-0.25, -0.2) is 0 Å². The van der Waals surface area contributed by atoms with Crippen LogP contribution >= 0.6 is 11.3 Å². The molecule has 1 amide bonds. The van der Waals surface area contributed by atoms with Crippen LogP contribution in [0.15, 0.2) is 5.51 Å². The molecule has 0 bridgehead atoms. The first-order valence-electron chi connectivity index (χ1n) is 6.17. The predicted octanol–water partition coefficient (Wildman–Crippen LogP) is 1.84. The van der Waals surface area contributed by atoms with Gasteiger partial charge in [0.2, 0.25) is 11.0 Å². The van der Waals surface area contributed by atoms with Gasteiger partial charge in [-0.2, -0.15) is 0 Å². The topological polar surface area (TPSA) is 81.2 Å². The van der Waals surface area contributed by atoms with Gasteiger partial charge >= 0.3 is 5.97 Å². The average Bonchev–Trinajstić information content (AvgIpc) is 2.87. The van der Waals surface area contributed by atoms with Crippen LogP contribution < -0.4 is 5.32 Å². The minimum atomic E-state index is -0.419. The molecule has 2 atom stereocenters. The lowest BCUT2D eigenvalue weighted by atomic mass is 9.89. The van der Waals surface area contributed by atoms with E-state index in [1.165, 1.54) is 11.3 Å². The Bertz CT molecular complexity index is 473. The number of amides is 1. The summed E-state index contributed by atoms with van der Waals surface area (Å²) in [5.41, 5.74) is 1.13. The highest BCUT2D eigenvalue weighted by atomic mass is 32.1. The monoisotopic (exact) mass is 283 g/mol. The maximum Gasteiger partial charge on any atom is 0.309 e. The summed E-state index contributed by atoms with van der Waals surface area (Å²) in [6.45, 7) is 5.57. The molecule has 0 aromatic carbocycles. The Labute approximate surface area is 115 Å². The lowest BCUT2D eigenvalue weighted by molar-refractivity contribution is -0.148. The zero-order valence-corrected chi connectivity index (χ0v) is 12.0. The van der Waals surface area contributed by atoms with Gasteiger partial charge in [0.25, 0.3) is 0 Å². The number of carbonyl (C=O) groups is 2. The molecule has 0 saturated carbocycles. The van der Waals surface area contributed by atoms with E-state index in [0.29, 0.717) is 18.0 Å². The van der Waals surface area contributed by atoms with E-state index >= 15 is 0 Å². The first kappa shape index (κ1) is 13.9. The first-order chi connectivity index (χ1) is 8.87. The van der Waals surface area contributed by atoms with Crippen molar-refractivity contribution >= 4 is 28.3 Å². The van der Waals surface area contributed by atoms with Crippen LogP contribution in [0.5, 0.6) is 0 Å². The fourth-order valence-corrected chi connectivity index (χ4v) is 2.69. The molecule has 7 heteroatoms. The minimum Gasteiger partial charge on any atom is -0.459 e. The van der Waals surface area contributed by atoms with E-state index in [1.807, 2.05) is 13.8 Å². The second kappa shape index (κ2) is 5.24. The van der Waals surface area contributed by atoms with Gasteiger partial charge in [-0.05, 0) is 26.7 Å². The molecular formula is C12H17N3O3S. The number of aromatic nitrogens is 2. The molecule has 2 rings (SSSR count). The van der Waals surface area contributed by atoms with Gasteiger partial charge in [0.05, 0.1) is 5.92 Å². The standard InChI is InChI=1S/C12H17N3O3S/c1-7(9(16)14-11-15-13-6-19-11)4-8-5-12(2,3)18-10(8)17/h6-8H,4-5H2,1-3H3,(H,14,15,16)/t7-,8-/m1/s1. The molecule has 104 valence electrons. The molecule has 1 fully saturated rings. The number of ether oxygens (including phenoxy) is 1. The van der Waals surface area contributed by atoms with Crippen molar-refractivity contribution in [1.82, 2.24) is 10.2 Å². The molecule has 1 N–H and O–H groups in total. The van der Waals surface area contributed by atoms with Gasteiger partial charge in [0.1, 0.15) is 11.1 Å². The normalized spacial score (nSPS) is 22.9. The smallest absolute Gasteiger partial charge is 0.309 e. The van der Waals surface area contributed by atoms with Gasteiger partial charge in [-0.3, -0.25) is 9.59 Å². The Kier molecular flexibility index (Phi) is 3.84. The third-order valence-electron chi connectivity index (χ3n) is 3.12. The number of rotatable bonds is 4. The maximum absolute atomic E-state index is 11.9. The van der Waals surface area contributed by atoms with Crippen LogP contribution in [0.3, 0.4) is 0 Å². The van der Waals surface area contributed by atoms with Gasteiger partial charge in [0.15, 0.2) is 0 Å². The molecule has 1 aromatic heterocycles. The van der Waals surface area contributed by atoms with Crippen molar-refractivity contribution in [3.63, 3.8) is 0 Å². The van der Waals surface area contributed by atoms with Crippen molar-refractivity contribution in [3.05, 3.63) is 5.51 Å². The fourth-order valence-electron chi connectivity index (χ4n) is 2.24. The van der Waals surface area contributed by atoms with Crippen LogP contribution in [-0.2, 0) is 14.3 Å². The molecular weight excluding hydrogens is 266 g/mol. The molecule has 0 aliphatic carbocycles. The van der Waals surface area contributed by atoms with Crippen molar-refractivity contribution in [3.8, 4) is 0 Å². The molecule has 19 heavy (non-hydrogen) atoms. The number of cyclic esters (lactones) is 1. The van der Waals surface area contributed by atoms with Crippen LogP contribution in [0.1, 0.15) is 33.6 Å². The van der Waals surface area contributed by atoms with E-state index < -0.39 is 5.60 Å². The predicted molar refractivity (Wildman–Crippen MR) is 70.6 cm³/mol. The van der Waals surface area contributed by atoms with Crippen LogP contribution in [0.4, 0.5) is 5.13 Å². The Balaban J connectivity index is 1.89. The number of nitrogens with one attached hydrogen (secondary N) is 1. The van der Waals surface area contributed by atoms with Gasteiger partial charge < -0.3 is 10.1 Å². The zero-order chi connectivity index (χ0) is 14.0. The highest BCUT2D eigenvalue weighted by molar-refractivity contribution is 7.13. The summed E-state index contributed by atoms with van der Waals surface area (Å²) >= 11 is 1.27. The molecule has 1 aromatic rings. The van der Waals surface area contributed by atoms with E-state index in [4.69, 9.17) is 4.74 Å². The zero-order valence-electron chi connectivity index (χ0n) is 11.2. The summed E-state index contributed by atoms with van der Waals surface area (Å²) in [7, 11) is 0. The average molecular weight is 283 g/mol. The number of nitrogens with zero attached hydrogens (tertiary/aromatic N) is 2. The Morgan fingerprint density at radius 3 is 2.95 bits per heavy atom. The third kappa shape index (κ3) is 3.50. The summed E-state index contributed by atoms with van der Waals surface area (Å²) in [5.74, 6) is -0.824. The number of esters is 1. The minimum absolute atomic E-state index is 0.144. The summed E-state index contributed by atoms with van der Waals surface area (Å²) in [4.78, 5) is 23.6. The third-order valence-corrected chi connectivity index (χ3v) is 3.73. The SMILES string of the molecule is C[C@H](C[C@@H]1CC(C)(C)OC1=O)C(=O)Nc1nncs1. The van der Waals surface area contributed by atoms with Gasteiger partial charge in [0, 0.05) is 5.92 Å². The fraction of sp³-hybridized carbons (Fsp3) is 0.667. The molecule has 1 aliphatic rings. The Morgan fingerprint density at radius 2 is 2.42 bits per heavy atom. The number of hydrogen-bond acceptors (Lipinski definition) is 6. The summed E-state index contributed by atoms with van der Waals surface area (Å²) in [5, 5.41) is 10.6. The summed E-state index contributed by atoms with van der Waals surface area (Å²) in [6, 6.07) is 0. The van der Waals surface area contributed by atoms with E-state index in [-0.39, 0.29) is 23.7 Å². The van der Waals surface area contributed by atoms with Crippen molar-refractivity contribution in [2.45, 2.75) is 39.2 Å². The van der Waals surface area contributed by atoms with Crippen LogP contribution in [0, 0.1) is 11.8 Å². The maximum atomic E-state index is 11.9. The van der Waals surface area contributed by atoms with E-state index in [0.717, 1.165) is 0 Å². The van der Waals surface area contributed by atoms with E-state index in [1.54, 1.807) is 12.4 Å². The largest absolute Gasteiger partial charge is 0.459 e. The van der Waals surface area contributed by atoms with Crippen LogP contribution in [0.2, 0.25) is 0 Å². The number of hydrogen-bond donors (Lipinski definition) is 1. The summed E-state index contributed by atoms with van der Waals surface area (Å²) in [6.07, 6.45) is 1.15. The van der Waals surface area contributed by atoms with E-state index in [2.05, 4.69) is 15.5 Å². The molecule has 1 saturated heterocycles. The molecule has 1 aliphatic heterocycles.